The Balaban J connectivity index is 2.51. The fourth-order valence-corrected chi connectivity index (χ4v) is 0.761. The molecule has 0 radical (unpaired) electrons. The van der Waals surface area contributed by atoms with E-state index < -0.39 is 12.0 Å². The van der Waals surface area contributed by atoms with Crippen LogP contribution in [-0.2, 0) is 9.59 Å². The Morgan fingerprint density at radius 2 is 2.44 bits per heavy atom. The number of carboxylic acid groups (broad SMARTS) is 1. The van der Waals surface area contributed by atoms with E-state index in [9.17, 15) is 9.59 Å². The molecule has 0 aliphatic carbocycles. The fraction of sp³-hybridized carbons (Fsp3) is 0.600. The van der Waals surface area contributed by atoms with Gasteiger partial charge in [0.1, 0.15) is 6.04 Å². The van der Waals surface area contributed by atoms with Gasteiger partial charge in [0.25, 0.3) is 0 Å². The summed E-state index contributed by atoms with van der Waals surface area (Å²) in [6, 6.07) is -0.572. The van der Waals surface area contributed by atoms with Crippen LogP contribution < -0.4 is 0 Å². The minimum atomic E-state index is -0.919. The lowest BCUT2D eigenvalue weighted by Crippen LogP contribution is -2.54. The van der Waals surface area contributed by atoms with Crippen molar-refractivity contribution < 1.29 is 14.7 Å². The summed E-state index contributed by atoms with van der Waals surface area (Å²) in [5, 5.41) is 8.33. The maximum atomic E-state index is 10.4. The number of nitrogens with zero attached hydrogens (tertiary/aromatic N) is 1. The molecule has 9 heavy (non-hydrogen) atoms. The largest absolute Gasteiger partial charge is 0.480 e. The molecule has 4 nitrogen and oxygen atoms in total. The van der Waals surface area contributed by atoms with Crippen molar-refractivity contribution in [3.05, 3.63) is 0 Å². The van der Waals surface area contributed by atoms with Crippen LogP contribution in [0.2, 0.25) is 0 Å². The molecule has 1 saturated heterocycles. The molecule has 0 aromatic rings. The van der Waals surface area contributed by atoms with Gasteiger partial charge in [0, 0.05) is 7.05 Å². The van der Waals surface area contributed by atoms with E-state index >= 15 is 0 Å². The standard InChI is InChI=1S/C5H7NO3/c1-6-3(5(8)9)2-4(6)7/h3H,2H2,1H3,(H,8,9). The van der Waals surface area contributed by atoms with Gasteiger partial charge in [-0.3, -0.25) is 4.79 Å². The van der Waals surface area contributed by atoms with Gasteiger partial charge in [0.2, 0.25) is 5.91 Å². The number of aliphatic carboxylic acids is 1. The van der Waals surface area contributed by atoms with E-state index in [2.05, 4.69) is 0 Å². The molecule has 1 aliphatic heterocycles. The van der Waals surface area contributed by atoms with Gasteiger partial charge >= 0.3 is 5.97 Å². The molecule has 0 aromatic heterocycles. The van der Waals surface area contributed by atoms with Crippen LogP contribution in [-0.4, -0.2) is 35.0 Å². The zero-order valence-electron chi connectivity index (χ0n) is 5.00. The Hall–Kier alpha value is -1.06. The highest BCUT2D eigenvalue weighted by Crippen LogP contribution is 2.15. The molecule has 0 saturated carbocycles. The average Bonchev–Trinajstić information content (AvgIpc) is 1.81. The Labute approximate surface area is 52.1 Å². The van der Waals surface area contributed by atoms with Gasteiger partial charge in [-0.2, -0.15) is 0 Å². The van der Waals surface area contributed by atoms with E-state index in [0.717, 1.165) is 0 Å². The fourth-order valence-electron chi connectivity index (χ4n) is 0.761. The van der Waals surface area contributed by atoms with Crippen molar-refractivity contribution in [2.24, 2.45) is 0 Å². The second-order valence-corrected chi connectivity index (χ2v) is 2.06. The number of β-lactam (4-membered cyclic amide) rings is 1. The zero-order chi connectivity index (χ0) is 7.02. The van der Waals surface area contributed by atoms with Crippen LogP contribution in [0.15, 0.2) is 0 Å². The van der Waals surface area contributed by atoms with Gasteiger partial charge in [-0.25, -0.2) is 4.79 Å². The average molecular weight is 129 g/mol. The van der Waals surface area contributed by atoms with Crippen LogP contribution >= 0.6 is 0 Å². The van der Waals surface area contributed by atoms with Crippen LogP contribution in [0.4, 0.5) is 0 Å². The molecule has 0 bridgehead atoms. The summed E-state index contributed by atoms with van der Waals surface area (Å²) in [6.45, 7) is 0. The number of amides is 1. The highest BCUT2D eigenvalue weighted by Gasteiger charge is 2.38. The van der Waals surface area contributed by atoms with Gasteiger partial charge in [0.15, 0.2) is 0 Å². The van der Waals surface area contributed by atoms with Gasteiger partial charge in [0.05, 0.1) is 6.42 Å². The van der Waals surface area contributed by atoms with Crippen molar-refractivity contribution in [1.82, 2.24) is 4.90 Å². The van der Waals surface area contributed by atoms with E-state index in [1.807, 2.05) is 0 Å². The van der Waals surface area contributed by atoms with E-state index in [4.69, 9.17) is 5.11 Å². The lowest BCUT2D eigenvalue weighted by molar-refractivity contribution is -0.160. The number of hydrogen-bond acceptors (Lipinski definition) is 2. The summed E-state index contributed by atoms with van der Waals surface area (Å²) < 4.78 is 0. The molecule has 1 amide bonds. The summed E-state index contributed by atoms with van der Waals surface area (Å²) in [6.07, 6.45) is 0.159. The van der Waals surface area contributed by atoms with E-state index in [0.29, 0.717) is 0 Å². The van der Waals surface area contributed by atoms with Crippen molar-refractivity contribution in [3.8, 4) is 0 Å². The second kappa shape index (κ2) is 1.72. The molecule has 0 spiro atoms. The minimum Gasteiger partial charge on any atom is -0.480 e. The van der Waals surface area contributed by atoms with Gasteiger partial charge in [-0.05, 0) is 0 Å². The predicted molar refractivity (Wildman–Crippen MR) is 28.8 cm³/mol. The monoisotopic (exact) mass is 129 g/mol. The van der Waals surface area contributed by atoms with Crippen LogP contribution in [0.1, 0.15) is 6.42 Å². The molecule has 0 aromatic carbocycles. The number of likely N-dealkylation sites (N-methyl/N-ethyl adjacent to an activating group) is 1. The van der Waals surface area contributed by atoms with E-state index in [1.54, 1.807) is 0 Å². The Morgan fingerprint density at radius 3 is 2.56 bits per heavy atom. The van der Waals surface area contributed by atoms with Crippen molar-refractivity contribution in [1.29, 1.82) is 0 Å². The van der Waals surface area contributed by atoms with Crippen LogP contribution in [0.5, 0.6) is 0 Å². The molecule has 1 heterocycles. The molecule has 1 N–H and O–H groups in total. The first-order valence-electron chi connectivity index (χ1n) is 2.61. The van der Waals surface area contributed by atoms with Gasteiger partial charge in [-0.1, -0.05) is 0 Å². The van der Waals surface area contributed by atoms with E-state index in [-0.39, 0.29) is 12.3 Å². The molecular formula is C5H7NO3. The number of carbonyl (C=O) groups is 2. The highest BCUT2D eigenvalue weighted by molar-refractivity contribution is 5.93. The quantitative estimate of drug-likeness (QED) is 0.476. The van der Waals surface area contributed by atoms with E-state index in [1.165, 1.54) is 11.9 Å². The SMILES string of the molecule is CN1C(=O)CC1C(=O)O. The Morgan fingerprint density at radius 1 is 1.89 bits per heavy atom. The molecule has 1 unspecified atom stereocenters. The van der Waals surface area contributed by atoms with Crippen LogP contribution in [0.3, 0.4) is 0 Å². The molecular weight excluding hydrogens is 122 g/mol. The van der Waals surface area contributed by atoms with Crippen molar-refractivity contribution in [2.75, 3.05) is 7.05 Å². The van der Waals surface area contributed by atoms with Crippen LogP contribution in [0, 0.1) is 0 Å². The molecule has 1 rings (SSSR count). The lowest BCUT2D eigenvalue weighted by Gasteiger charge is -2.33. The Kier molecular flexibility index (Phi) is 1.16. The Bertz CT molecular complexity index is 166. The lowest BCUT2D eigenvalue weighted by atomic mass is 10.0. The maximum absolute atomic E-state index is 10.4. The van der Waals surface area contributed by atoms with Crippen molar-refractivity contribution in [3.63, 3.8) is 0 Å². The summed E-state index contributed by atoms with van der Waals surface area (Å²) in [7, 11) is 1.49. The summed E-state index contributed by atoms with van der Waals surface area (Å²) in [5.41, 5.74) is 0. The molecule has 4 heteroatoms. The number of carboxylic acids is 1. The predicted octanol–water partition coefficient (Wildman–Crippen LogP) is -0.698. The first-order chi connectivity index (χ1) is 4.13. The summed E-state index contributed by atoms with van der Waals surface area (Å²) in [5.74, 6) is -1.01. The maximum Gasteiger partial charge on any atom is 0.326 e. The number of hydrogen-bond donors (Lipinski definition) is 1. The van der Waals surface area contributed by atoms with Gasteiger partial charge < -0.3 is 10.0 Å². The summed E-state index contributed by atoms with van der Waals surface area (Å²) >= 11 is 0. The van der Waals surface area contributed by atoms with Crippen molar-refractivity contribution in [2.45, 2.75) is 12.5 Å². The third-order valence-electron chi connectivity index (χ3n) is 1.51. The van der Waals surface area contributed by atoms with Crippen LogP contribution in [0.25, 0.3) is 0 Å². The normalized spacial score (nSPS) is 25.7. The summed E-state index contributed by atoms with van der Waals surface area (Å²) in [4.78, 5) is 21.8. The number of rotatable bonds is 1. The topological polar surface area (TPSA) is 57.6 Å². The van der Waals surface area contributed by atoms with Crippen molar-refractivity contribution >= 4 is 11.9 Å². The van der Waals surface area contributed by atoms with Gasteiger partial charge in [-0.15, -0.1) is 0 Å². The third-order valence-corrected chi connectivity index (χ3v) is 1.51. The highest BCUT2D eigenvalue weighted by atomic mass is 16.4. The first-order valence-corrected chi connectivity index (χ1v) is 2.61. The smallest absolute Gasteiger partial charge is 0.326 e. The molecule has 1 aliphatic rings. The second-order valence-electron chi connectivity index (χ2n) is 2.06. The minimum absolute atomic E-state index is 0.0950. The number of likely N-dealkylation sites (tertiary alicyclic amines) is 1. The molecule has 1 fully saturated rings. The first kappa shape index (κ1) is 6.07. The number of carbonyl (C=O) groups excluding carboxylic acids is 1. The zero-order valence-corrected chi connectivity index (χ0v) is 5.00. The third kappa shape index (κ3) is 0.759. The molecule has 50 valence electrons. The molecule has 1 atom stereocenters.